The number of nitrogens with one attached hydrogen (secondary N) is 1. The Morgan fingerprint density at radius 1 is 1.00 bits per heavy atom. The van der Waals surface area contributed by atoms with Crippen molar-refractivity contribution in [3.8, 4) is 0 Å². The van der Waals surface area contributed by atoms with Crippen molar-refractivity contribution in [2.75, 3.05) is 52.9 Å². The van der Waals surface area contributed by atoms with Gasteiger partial charge < -0.3 is 15.0 Å². The smallest absolute Gasteiger partial charge is 0.248 e. The number of sulfonamides is 1. The first-order valence-electron chi connectivity index (χ1n) is 16.0. The lowest BCUT2D eigenvalue weighted by Crippen LogP contribution is -2.59. The molecule has 1 saturated carbocycles. The fraction of sp³-hybridized carbons (Fsp3) is 0.606. The lowest BCUT2D eigenvalue weighted by molar-refractivity contribution is -0.132. The number of hydrogen-bond donors (Lipinski definition) is 1. The summed E-state index contributed by atoms with van der Waals surface area (Å²) in [5, 5.41) is 3.34. The highest BCUT2D eigenvalue weighted by Crippen LogP contribution is 2.40. The SMILES string of the molecule is CC(OCC1CCCN1S(=O)(=O)c1c(Cl)cc(Cl)cc1Cl)C(=O)NCC1CCC(Cc2ccccc2)(N2CCN(C)CC2)CC1. The number of benzene rings is 2. The van der Waals surface area contributed by atoms with Gasteiger partial charge in [0.2, 0.25) is 15.9 Å². The van der Waals surface area contributed by atoms with Crippen molar-refractivity contribution in [1.82, 2.24) is 19.4 Å². The fourth-order valence-electron chi connectivity index (χ4n) is 7.19. The van der Waals surface area contributed by atoms with E-state index in [1.165, 1.54) is 22.0 Å². The highest BCUT2D eigenvalue weighted by molar-refractivity contribution is 7.89. The molecule has 45 heavy (non-hydrogen) atoms. The number of carbonyl (C=O) groups is 1. The van der Waals surface area contributed by atoms with Crippen LogP contribution < -0.4 is 5.32 Å². The Morgan fingerprint density at radius 3 is 2.29 bits per heavy atom. The summed E-state index contributed by atoms with van der Waals surface area (Å²) in [6.45, 7) is 7.16. The maximum absolute atomic E-state index is 13.5. The topological polar surface area (TPSA) is 82.2 Å². The molecule has 3 fully saturated rings. The van der Waals surface area contributed by atoms with Gasteiger partial charge in [-0.15, -0.1) is 0 Å². The molecule has 2 atom stereocenters. The average molecular weight is 700 g/mol. The fourth-order valence-corrected chi connectivity index (χ4v) is 10.4. The number of carbonyl (C=O) groups excluding carboxylic acids is 1. The number of nitrogens with zero attached hydrogens (tertiary/aromatic N) is 3. The Hall–Kier alpha value is -1.43. The molecule has 1 N–H and O–H groups in total. The van der Waals surface area contributed by atoms with Gasteiger partial charge in [-0.05, 0) is 82.5 Å². The van der Waals surface area contributed by atoms with Crippen LogP contribution in [0.25, 0.3) is 0 Å². The lowest BCUT2D eigenvalue weighted by atomic mass is 9.72. The molecule has 8 nitrogen and oxygen atoms in total. The normalized spacial score (nSPS) is 26.2. The molecule has 3 aliphatic rings. The molecule has 2 aliphatic heterocycles. The molecule has 2 saturated heterocycles. The molecule has 2 unspecified atom stereocenters. The van der Waals surface area contributed by atoms with Crippen molar-refractivity contribution in [2.45, 2.75) is 74.4 Å². The van der Waals surface area contributed by atoms with E-state index in [1.807, 2.05) is 0 Å². The molecule has 1 amide bonds. The number of hydrogen-bond acceptors (Lipinski definition) is 6. The van der Waals surface area contributed by atoms with Crippen molar-refractivity contribution >= 4 is 50.7 Å². The van der Waals surface area contributed by atoms with Crippen LogP contribution in [0, 0.1) is 5.92 Å². The monoisotopic (exact) mass is 698 g/mol. The van der Waals surface area contributed by atoms with Crippen LogP contribution in [0.4, 0.5) is 0 Å². The molecule has 2 heterocycles. The summed E-state index contributed by atoms with van der Waals surface area (Å²) in [5.41, 5.74) is 1.55. The van der Waals surface area contributed by atoms with E-state index in [1.54, 1.807) is 6.92 Å². The maximum Gasteiger partial charge on any atom is 0.248 e. The minimum atomic E-state index is -3.98. The number of halogens is 3. The van der Waals surface area contributed by atoms with Crippen LogP contribution in [0.3, 0.4) is 0 Å². The van der Waals surface area contributed by atoms with E-state index < -0.39 is 22.2 Å². The van der Waals surface area contributed by atoms with Crippen LogP contribution in [-0.4, -0.2) is 99.0 Å². The van der Waals surface area contributed by atoms with Gasteiger partial charge in [-0.25, -0.2) is 8.42 Å². The molecule has 248 valence electrons. The number of ether oxygens (including phenoxy) is 1. The van der Waals surface area contributed by atoms with E-state index >= 15 is 0 Å². The van der Waals surface area contributed by atoms with E-state index in [2.05, 4.69) is 52.5 Å². The molecule has 2 aromatic carbocycles. The van der Waals surface area contributed by atoms with E-state index in [0.29, 0.717) is 31.8 Å². The number of likely N-dealkylation sites (N-methyl/N-ethyl adjacent to an activating group) is 1. The zero-order valence-electron chi connectivity index (χ0n) is 26.2. The van der Waals surface area contributed by atoms with Gasteiger partial charge in [0.25, 0.3) is 0 Å². The van der Waals surface area contributed by atoms with Gasteiger partial charge in [0.05, 0.1) is 16.7 Å². The summed E-state index contributed by atoms with van der Waals surface area (Å²) in [6.07, 6.45) is 6.03. The van der Waals surface area contributed by atoms with Crippen molar-refractivity contribution in [1.29, 1.82) is 0 Å². The van der Waals surface area contributed by atoms with Gasteiger partial charge in [0.1, 0.15) is 11.0 Å². The summed E-state index contributed by atoms with van der Waals surface area (Å²) in [4.78, 5) is 18.0. The first-order valence-corrected chi connectivity index (χ1v) is 18.6. The average Bonchev–Trinajstić information content (AvgIpc) is 3.49. The van der Waals surface area contributed by atoms with Gasteiger partial charge in [0.15, 0.2) is 0 Å². The standard InChI is InChI=1S/C33H45Cl3N4O4S/c1-24(44-23-28-9-6-14-40(28)45(42,43)31-29(35)19-27(34)20-30(31)36)32(41)37-22-26-10-12-33(13-11-26,21-25-7-4-3-5-8-25)39-17-15-38(2)16-18-39/h3-5,7-8,19-20,24,26,28H,6,9-18,21-23H2,1-2H3,(H,37,41). The van der Waals surface area contributed by atoms with Crippen molar-refractivity contribution in [2.24, 2.45) is 5.92 Å². The Morgan fingerprint density at radius 2 is 1.64 bits per heavy atom. The quantitative estimate of drug-likeness (QED) is 0.322. The Bertz CT molecular complexity index is 1390. The van der Waals surface area contributed by atoms with E-state index in [9.17, 15) is 13.2 Å². The van der Waals surface area contributed by atoms with Gasteiger partial charge in [-0.1, -0.05) is 65.1 Å². The van der Waals surface area contributed by atoms with Crippen molar-refractivity contribution in [3.63, 3.8) is 0 Å². The van der Waals surface area contributed by atoms with Crippen LogP contribution in [0.5, 0.6) is 0 Å². The molecule has 12 heteroatoms. The molecule has 0 radical (unpaired) electrons. The van der Waals surface area contributed by atoms with Gasteiger partial charge in [0, 0.05) is 55.9 Å². The third kappa shape index (κ3) is 8.36. The molecule has 2 aromatic rings. The molecule has 0 aromatic heterocycles. The van der Waals surface area contributed by atoms with Gasteiger partial charge in [-0.2, -0.15) is 4.31 Å². The summed E-state index contributed by atoms with van der Waals surface area (Å²) >= 11 is 18.5. The van der Waals surface area contributed by atoms with Crippen LogP contribution >= 0.6 is 34.8 Å². The van der Waals surface area contributed by atoms with Crippen LogP contribution in [0.2, 0.25) is 15.1 Å². The molecule has 1 aliphatic carbocycles. The lowest BCUT2D eigenvalue weighted by Gasteiger charge is -2.51. The predicted molar refractivity (Wildman–Crippen MR) is 181 cm³/mol. The highest BCUT2D eigenvalue weighted by atomic mass is 35.5. The van der Waals surface area contributed by atoms with Crippen molar-refractivity contribution in [3.05, 3.63) is 63.1 Å². The van der Waals surface area contributed by atoms with Gasteiger partial charge >= 0.3 is 0 Å². The number of piperazine rings is 1. The molecule has 0 bridgehead atoms. The zero-order chi connectivity index (χ0) is 32.2. The maximum atomic E-state index is 13.5. The number of amides is 1. The summed E-state index contributed by atoms with van der Waals surface area (Å²) < 4.78 is 34.3. The second-order valence-corrected chi connectivity index (χ2v) is 16.0. The third-order valence-electron chi connectivity index (χ3n) is 9.91. The second-order valence-electron chi connectivity index (χ2n) is 13.0. The van der Waals surface area contributed by atoms with Crippen LogP contribution in [-0.2, 0) is 26.0 Å². The van der Waals surface area contributed by atoms with Crippen molar-refractivity contribution < 1.29 is 17.9 Å². The molecule has 0 spiro atoms. The number of rotatable bonds is 11. The first-order chi connectivity index (χ1) is 21.5. The Kier molecular flexibility index (Phi) is 11.8. The third-order valence-corrected chi connectivity index (χ3v) is 13.0. The highest BCUT2D eigenvalue weighted by Gasteiger charge is 2.42. The molecular formula is C33H45Cl3N4O4S. The van der Waals surface area contributed by atoms with Gasteiger partial charge in [-0.3, -0.25) is 9.69 Å². The van der Waals surface area contributed by atoms with Crippen LogP contribution in [0.1, 0.15) is 51.0 Å². The van der Waals surface area contributed by atoms with E-state index in [-0.39, 0.29) is 38.0 Å². The largest absolute Gasteiger partial charge is 0.367 e. The summed E-state index contributed by atoms with van der Waals surface area (Å²) in [5.74, 6) is 0.244. The molecular weight excluding hydrogens is 655 g/mol. The molecule has 5 rings (SSSR count). The van der Waals surface area contributed by atoms with E-state index in [4.69, 9.17) is 39.5 Å². The Balaban J connectivity index is 1.12. The first kappa shape index (κ1) is 34.9. The summed E-state index contributed by atoms with van der Waals surface area (Å²) in [7, 11) is -1.78. The predicted octanol–water partition coefficient (Wildman–Crippen LogP) is 5.74. The zero-order valence-corrected chi connectivity index (χ0v) is 29.3. The Labute approximate surface area is 283 Å². The summed E-state index contributed by atoms with van der Waals surface area (Å²) in [6, 6.07) is 13.2. The van der Waals surface area contributed by atoms with Crippen LogP contribution in [0.15, 0.2) is 47.4 Å². The minimum Gasteiger partial charge on any atom is -0.367 e. The second kappa shape index (κ2) is 15.2. The minimum absolute atomic E-state index is 0.0182. The van der Waals surface area contributed by atoms with E-state index in [0.717, 1.165) is 58.3 Å².